The van der Waals surface area contributed by atoms with Gasteiger partial charge in [0.15, 0.2) is 0 Å². The van der Waals surface area contributed by atoms with Gasteiger partial charge in [-0.25, -0.2) is 0 Å². The van der Waals surface area contributed by atoms with E-state index in [0.717, 1.165) is 11.8 Å². The summed E-state index contributed by atoms with van der Waals surface area (Å²) in [6.45, 7) is 3.84. The first-order valence-electron chi connectivity index (χ1n) is 8.08. The third kappa shape index (κ3) is 3.71. The van der Waals surface area contributed by atoms with Crippen molar-refractivity contribution in [3.8, 4) is 0 Å². The van der Waals surface area contributed by atoms with Crippen molar-refractivity contribution >= 4 is 5.91 Å². The molecule has 2 rings (SSSR count). The number of nitrogens with two attached hydrogens (primary N) is 1. The molecule has 0 aromatic heterocycles. The number of primary amides is 1. The molecule has 2 atom stereocenters. The van der Waals surface area contributed by atoms with Crippen LogP contribution in [0.2, 0.25) is 0 Å². The summed E-state index contributed by atoms with van der Waals surface area (Å²) in [6, 6.07) is 0.486. The lowest BCUT2D eigenvalue weighted by atomic mass is 9.70. The van der Waals surface area contributed by atoms with E-state index in [1.165, 1.54) is 57.8 Å². The molecular weight excluding hydrogens is 236 g/mol. The number of carbonyl (C=O) groups excluding carboxylic acids is 1. The van der Waals surface area contributed by atoms with E-state index in [1.54, 1.807) is 0 Å². The smallest absolute Gasteiger partial charge is 0.237 e. The fraction of sp³-hybridized carbons (Fsp3) is 0.938. The quantitative estimate of drug-likeness (QED) is 0.822. The number of nitrogens with one attached hydrogen (secondary N) is 1. The average molecular weight is 266 g/mol. The van der Waals surface area contributed by atoms with Crippen LogP contribution in [0.25, 0.3) is 0 Å². The Hall–Kier alpha value is -0.570. The van der Waals surface area contributed by atoms with Crippen molar-refractivity contribution in [2.75, 3.05) is 0 Å². The maximum atomic E-state index is 11.5. The van der Waals surface area contributed by atoms with E-state index >= 15 is 0 Å². The van der Waals surface area contributed by atoms with Gasteiger partial charge in [-0.1, -0.05) is 44.9 Å². The fourth-order valence-corrected chi connectivity index (χ4v) is 4.00. The lowest BCUT2D eigenvalue weighted by Crippen LogP contribution is -2.57. The van der Waals surface area contributed by atoms with Crippen molar-refractivity contribution in [3.05, 3.63) is 0 Å². The molecule has 2 fully saturated rings. The number of amides is 1. The largest absolute Gasteiger partial charge is 0.368 e. The van der Waals surface area contributed by atoms with E-state index in [0.29, 0.717) is 6.04 Å². The van der Waals surface area contributed by atoms with Gasteiger partial charge in [0.1, 0.15) is 0 Å². The molecule has 19 heavy (non-hydrogen) atoms. The molecule has 2 saturated carbocycles. The third-order valence-corrected chi connectivity index (χ3v) is 5.24. The number of hydrogen-bond acceptors (Lipinski definition) is 2. The van der Waals surface area contributed by atoms with Gasteiger partial charge in [0, 0.05) is 6.04 Å². The summed E-state index contributed by atoms with van der Waals surface area (Å²) in [7, 11) is 0. The Morgan fingerprint density at radius 2 is 1.58 bits per heavy atom. The van der Waals surface area contributed by atoms with Crippen LogP contribution in [-0.4, -0.2) is 17.5 Å². The van der Waals surface area contributed by atoms with Crippen molar-refractivity contribution in [2.24, 2.45) is 17.6 Å². The topological polar surface area (TPSA) is 55.1 Å². The van der Waals surface area contributed by atoms with Crippen molar-refractivity contribution < 1.29 is 4.79 Å². The molecule has 0 radical (unpaired) electrons. The van der Waals surface area contributed by atoms with Gasteiger partial charge in [0.2, 0.25) is 5.91 Å². The van der Waals surface area contributed by atoms with Crippen LogP contribution in [0.3, 0.4) is 0 Å². The van der Waals surface area contributed by atoms with E-state index < -0.39 is 5.54 Å². The van der Waals surface area contributed by atoms with Crippen molar-refractivity contribution in [2.45, 2.75) is 83.2 Å². The summed E-state index contributed by atoms with van der Waals surface area (Å²) in [6.07, 6.45) is 12.2. The summed E-state index contributed by atoms with van der Waals surface area (Å²) in [5.41, 5.74) is 4.94. The molecule has 2 aliphatic carbocycles. The van der Waals surface area contributed by atoms with Gasteiger partial charge in [-0.3, -0.25) is 4.79 Å². The minimum Gasteiger partial charge on any atom is -0.368 e. The van der Waals surface area contributed by atoms with E-state index in [1.807, 2.05) is 13.8 Å². The van der Waals surface area contributed by atoms with Gasteiger partial charge in [0.05, 0.1) is 5.54 Å². The maximum Gasteiger partial charge on any atom is 0.237 e. The Morgan fingerprint density at radius 1 is 1.00 bits per heavy atom. The van der Waals surface area contributed by atoms with Crippen LogP contribution in [0.4, 0.5) is 0 Å². The Balaban J connectivity index is 2.01. The Morgan fingerprint density at radius 3 is 2.21 bits per heavy atom. The third-order valence-electron chi connectivity index (χ3n) is 5.24. The molecule has 3 nitrogen and oxygen atoms in total. The second kappa shape index (κ2) is 6.25. The predicted molar refractivity (Wildman–Crippen MR) is 78.7 cm³/mol. The summed E-state index contributed by atoms with van der Waals surface area (Å²) >= 11 is 0. The second-order valence-corrected chi connectivity index (χ2v) is 7.09. The number of rotatable bonds is 4. The SMILES string of the molecule is CC(C)(NC1CCCCC1C1CCCCC1)C(N)=O. The van der Waals surface area contributed by atoms with Crippen molar-refractivity contribution in [1.82, 2.24) is 5.32 Å². The van der Waals surface area contributed by atoms with Crippen LogP contribution in [-0.2, 0) is 4.79 Å². The standard InChI is InChI=1S/C16H30N2O/c1-16(2,15(17)19)18-14-11-7-6-10-13(14)12-8-4-3-5-9-12/h12-14,18H,3-11H2,1-2H3,(H2,17,19). The number of hydrogen-bond donors (Lipinski definition) is 2. The van der Waals surface area contributed by atoms with Gasteiger partial charge < -0.3 is 11.1 Å². The van der Waals surface area contributed by atoms with Gasteiger partial charge >= 0.3 is 0 Å². The van der Waals surface area contributed by atoms with Crippen LogP contribution in [0.15, 0.2) is 0 Å². The first kappa shape index (κ1) is 14.8. The molecule has 0 aliphatic heterocycles. The van der Waals surface area contributed by atoms with Crippen LogP contribution >= 0.6 is 0 Å². The lowest BCUT2D eigenvalue weighted by molar-refractivity contribution is -0.123. The van der Waals surface area contributed by atoms with Crippen LogP contribution in [0.5, 0.6) is 0 Å². The zero-order valence-corrected chi connectivity index (χ0v) is 12.6. The Labute approximate surface area is 117 Å². The highest BCUT2D eigenvalue weighted by Crippen LogP contribution is 2.38. The molecule has 2 aliphatic rings. The molecule has 2 unspecified atom stereocenters. The van der Waals surface area contributed by atoms with Gasteiger partial charge in [-0.2, -0.15) is 0 Å². The second-order valence-electron chi connectivity index (χ2n) is 7.09. The molecule has 0 spiro atoms. The Bertz CT molecular complexity index is 308. The summed E-state index contributed by atoms with van der Waals surface area (Å²) in [5, 5.41) is 3.57. The summed E-state index contributed by atoms with van der Waals surface area (Å²) in [5.74, 6) is 1.39. The highest BCUT2D eigenvalue weighted by Gasteiger charge is 2.36. The molecular formula is C16H30N2O. The minimum atomic E-state index is -0.574. The predicted octanol–water partition coefficient (Wildman–Crippen LogP) is 2.98. The zero-order chi connectivity index (χ0) is 13.9. The van der Waals surface area contributed by atoms with E-state index in [9.17, 15) is 4.79 Å². The molecule has 0 heterocycles. The minimum absolute atomic E-state index is 0.236. The van der Waals surface area contributed by atoms with Crippen molar-refractivity contribution in [1.29, 1.82) is 0 Å². The van der Waals surface area contributed by atoms with E-state index in [-0.39, 0.29) is 5.91 Å². The van der Waals surface area contributed by atoms with Crippen LogP contribution in [0, 0.1) is 11.8 Å². The van der Waals surface area contributed by atoms with Crippen LogP contribution < -0.4 is 11.1 Å². The van der Waals surface area contributed by atoms with E-state index in [2.05, 4.69) is 5.32 Å². The molecule has 0 aromatic rings. The first-order valence-corrected chi connectivity index (χ1v) is 8.08. The number of carbonyl (C=O) groups is 1. The molecule has 3 N–H and O–H groups in total. The normalized spacial score (nSPS) is 30.2. The van der Waals surface area contributed by atoms with Crippen LogP contribution in [0.1, 0.15) is 71.6 Å². The highest BCUT2D eigenvalue weighted by molar-refractivity contribution is 5.83. The molecule has 0 bridgehead atoms. The highest BCUT2D eigenvalue weighted by atomic mass is 16.1. The first-order chi connectivity index (χ1) is 9.00. The van der Waals surface area contributed by atoms with Crippen molar-refractivity contribution in [3.63, 3.8) is 0 Å². The van der Waals surface area contributed by atoms with Gasteiger partial charge in [-0.15, -0.1) is 0 Å². The zero-order valence-electron chi connectivity index (χ0n) is 12.6. The lowest BCUT2D eigenvalue weighted by Gasteiger charge is -2.42. The monoisotopic (exact) mass is 266 g/mol. The molecule has 110 valence electrons. The molecule has 3 heteroatoms. The van der Waals surface area contributed by atoms with Gasteiger partial charge in [0.25, 0.3) is 0 Å². The molecule has 0 aromatic carbocycles. The summed E-state index contributed by atoms with van der Waals surface area (Å²) in [4.78, 5) is 11.5. The maximum absolute atomic E-state index is 11.5. The Kier molecular flexibility index (Phi) is 4.88. The molecule has 1 amide bonds. The molecule has 0 saturated heterocycles. The fourth-order valence-electron chi connectivity index (χ4n) is 4.00. The average Bonchev–Trinajstić information content (AvgIpc) is 2.40. The van der Waals surface area contributed by atoms with Gasteiger partial charge in [-0.05, 0) is 38.5 Å². The van der Waals surface area contributed by atoms with E-state index in [4.69, 9.17) is 5.73 Å². The summed E-state index contributed by atoms with van der Waals surface area (Å²) < 4.78 is 0.